The molecule has 2 N–H and O–H groups in total. The number of hydrogen-bond acceptors (Lipinski definition) is 5. The van der Waals surface area contributed by atoms with E-state index in [1.54, 1.807) is 13.2 Å². The largest absolute Gasteiger partial charge is 0.472 e. The molecule has 1 atom stereocenters. The maximum atomic E-state index is 9.82. The normalized spacial score (nSPS) is 22.6. The number of guanidine groups is 1. The molecule has 0 radical (unpaired) electrons. The molecule has 2 aliphatic heterocycles. The number of likely N-dealkylation sites (tertiary alicyclic amines) is 1. The van der Waals surface area contributed by atoms with Crippen molar-refractivity contribution in [2.45, 2.75) is 25.4 Å². The van der Waals surface area contributed by atoms with Gasteiger partial charge >= 0.3 is 0 Å². The Bertz CT molecular complexity index is 567. The summed E-state index contributed by atoms with van der Waals surface area (Å²) in [6, 6.07) is 5.69. The molecule has 26 heavy (non-hydrogen) atoms. The number of hydrogen-bond donors (Lipinski definition) is 2. The van der Waals surface area contributed by atoms with Crippen molar-refractivity contribution in [1.82, 2.24) is 15.2 Å². The maximum absolute atomic E-state index is 9.82. The van der Waals surface area contributed by atoms with Gasteiger partial charge < -0.3 is 24.8 Å². The first-order valence-corrected chi connectivity index (χ1v) is 8.97. The van der Waals surface area contributed by atoms with Gasteiger partial charge in [-0.25, -0.2) is 4.98 Å². The molecule has 3 rings (SSSR count). The highest BCUT2D eigenvalue weighted by atomic mass is 127. The number of nitrogens with one attached hydrogen (secondary N) is 1. The second kappa shape index (κ2) is 10.3. The van der Waals surface area contributed by atoms with Crippen molar-refractivity contribution in [3.8, 4) is 5.88 Å². The molecule has 1 aromatic heterocycles. The average molecular weight is 476 g/mol. The fraction of sp³-hybridized carbons (Fsp3) is 0.667. The van der Waals surface area contributed by atoms with E-state index in [0.29, 0.717) is 25.6 Å². The summed E-state index contributed by atoms with van der Waals surface area (Å²) >= 11 is 0. The monoisotopic (exact) mass is 476 g/mol. The van der Waals surface area contributed by atoms with Crippen LogP contribution < -0.4 is 10.1 Å². The summed E-state index contributed by atoms with van der Waals surface area (Å²) in [5.74, 6) is 1.53. The minimum absolute atomic E-state index is 0. The van der Waals surface area contributed by atoms with E-state index in [4.69, 9.17) is 9.47 Å². The minimum atomic E-state index is -0.113. The number of aromatic nitrogens is 1. The van der Waals surface area contributed by atoms with Crippen LogP contribution in [0.5, 0.6) is 5.88 Å². The molecule has 2 fully saturated rings. The van der Waals surface area contributed by atoms with Crippen molar-refractivity contribution in [3.05, 3.63) is 24.4 Å². The van der Waals surface area contributed by atoms with Gasteiger partial charge in [0.2, 0.25) is 5.88 Å². The Morgan fingerprint density at radius 1 is 1.46 bits per heavy atom. The van der Waals surface area contributed by atoms with Gasteiger partial charge in [0.05, 0.1) is 13.2 Å². The van der Waals surface area contributed by atoms with Crippen molar-refractivity contribution in [2.24, 2.45) is 10.4 Å². The summed E-state index contributed by atoms with van der Waals surface area (Å²) < 4.78 is 11.4. The molecule has 0 spiro atoms. The first-order chi connectivity index (χ1) is 12.2. The van der Waals surface area contributed by atoms with E-state index in [9.17, 15) is 5.11 Å². The Morgan fingerprint density at radius 2 is 2.27 bits per heavy atom. The van der Waals surface area contributed by atoms with E-state index in [0.717, 1.165) is 38.3 Å². The van der Waals surface area contributed by atoms with Crippen LogP contribution >= 0.6 is 24.0 Å². The predicted molar refractivity (Wildman–Crippen MR) is 111 cm³/mol. The van der Waals surface area contributed by atoms with Crippen LogP contribution in [0, 0.1) is 5.41 Å². The van der Waals surface area contributed by atoms with Gasteiger partial charge in [-0.05, 0) is 18.9 Å². The van der Waals surface area contributed by atoms with Crippen LogP contribution in [0.2, 0.25) is 0 Å². The lowest BCUT2D eigenvalue weighted by Gasteiger charge is -2.36. The van der Waals surface area contributed by atoms with Crippen LogP contribution in [0.25, 0.3) is 0 Å². The van der Waals surface area contributed by atoms with Gasteiger partial charge in [-0.3, -0.25) is 4.99 Å². The molecule has 0 aromatic carbocycles. The van der Waals surface area contributed by atoms with E-state index < -0.39 is 0 Å². The first-order valence-electron chi connectivity index (χ1n) is 8.97. The Morgan fingerprint density at radius 3 is 2.92 bits per heavy atom. The maximum Gasteiger partial charge on any atom is 0.213 e. The molecule has 7 nitrogen and oxygen atoms in total. The third-order valence-electron chi connectivity index (χ3n) is 5.09. The minimum Gasteiger partial charge on any atom is -0.472 e. The highest BCUT2D eigenvalue weighted by Gasteiger charge is 2.33. The number of nitrogens with zero attached hydrogens (tertiary/aromatic N) is 3. The van der Waals surface area contributed by atoms with Crippen LogP contribution in [0.4, 0.5) is 0 Å². The quantitative estimate of drug-likeness (QED) is 0.381. The molecule has 2 aliphatic rings. The van der Waals surface area contributed by atoms with Gasteiger partial charge in [-0.2, -0.15) is 0 Å². The van der Waals surface area contributed by atoms with Crippen molar-refractivity contribution < 1.29 is 14.6 Å². The molecule has 0 amide bonds. The second-order valence-electron chi connectivity index (χ2n) is 6.81. The molecule has 1 unspecified atom stereocenters. The molecular formula is C18H29IN4O3. The SMILES string of the molecule is CN=C(NCC1(CO)CCOCC1)N1CCC(Oc2ccccn2)C1.I. The predicted octanol–water partition coefficient (Wildman–Crippen LogP) is 1.52. The van der Waals surface area contributed by atoms with E-state index in [-0.39, 0.29) is 42.1 Å². The van der Waals surface area contributed by atoms with Crippen molar-refractivity contribution in [2.75, 3.05) is 46.5 Å². The van der Waals surface area contributed by atoms with E-state index >= 15 is 0 Å². The summed E-state index contributed by atoms with van der Waals surface area (Å²) in [6.45, 7) is 3.99. The number of pyridine rings is 1. The number of aliphatic imine (C=N–C) groups is 1. The topological polar surface area (TPSA) is 79.2 Å². The third kappa shape index (κ3) is 5.43. The van der Waals surface area contributed by atoms with Crippen LogP contribution in [-0.4, -0.2) is 73.6 Å². The summed E-state index contributed by atoms with van der Waals surface area (Å²) in [6.07, 6.45) is 4.54. The Kier molecular flexibility index (Phi) is 8.36. The number of aliphatic hydroxyl groups excluding tert-OH is 1. The zero-order valence-corrected chi connectivity index (χ0v) is 17.6. The fourth-order valence-corrected chi connectivity index (χ4v) is 3.40. The molecule has 146 valence electrons. The summed E-state index contributed by atoms with van der Waals surface area (Å²) in [5.41, 5.74) is -0.113. The molecule has 3 heterocycles. The first kappa shape index (κ1) is 21.2. The lowest BCUT2D eigenvalue weighted by molar-refractivity contribution is -0.0134. The van der Waals surface area contributed by atoms with Crippen LogP contribution in [0.3, 0.4) is 0 Å². The fourth-order valence-electron chi connectivity index (χ4n) is 3.40. The third-order valence-corrected chi connectivity index (χ3v) is 5.09. The summed E-state index contributed by atoms with van der Waals surface area (Å²) in [4.78, 5) is 10.8. The smallest absolute Gasteiger partial charge is 0.213 e. The average Bonchev–Trinajstić information content (AvgIpc) is 3.12. The highest BCUT2D eigenvalue weighted by Crippen LogP contribution is 2.29. The molecule has 0 bridgehead atoms. The zero-order chi connectivity index (χ0) is 17.5. The van der Waals surface area contributed by atoms with Gasteiger partial charge in [0.15, 0.2) is 5.96 Å². The summed E-state index contributed by atoms with van der Waals surface area (Å²) in [5, 5.41) is 13.3. The van der Waals surface area contributed by atoms with Gasteiger partial charge in [-0.15, -0.1) is 24.0 Å². The van der Waals surface area contributed by atoms with Gasteiger partial charge in [0, 0.05) is 57.4 Å². The number of ether oxygens (including phenoxy) is 2. The Balaban J connectivity index is 0.00000243. The van der Waals surface area contributed by atoms with Crippen LogP contribution in [0.1, 0.15) is 19.3 Å². The molecule has 1 aromatic rings. The second-order valence-corrected chi connectivity index (χ2v) is 6.81. The van der Waals surface area contributed by atoms with Crippen LogP contribution in [-0.2, 0) is 4.74 Å². The molecule has 0 saturated carbocycles. The Hall–Kier alpha value is -1.13. The van der Waals surface area contributed by atoms with Gasteiger partial charge in [0.1, 0.15) is 6.10 Å². The Labute approximate surface area is 172 Å². The standard InChI is InChI=1S/C18H28N4O3.HI/c1-19-17(21-13-18(14-23)6-10-24-11-7-18)22-9-5-15(12-22)25-16-4-2-3-8-20-16;/h2-4,8,15,23H,5-7,9-14H2,1H3,(H,19,21);1H. The van der Waals surface area contributed by atoms with Gasteiger partial charge in [-0.1, -0.05) is 6.07 Å². The number of rotatable bonds is 5. The lowest BCUT2D eigenvalue weighted by Crippen LogP contribution is -2.48. The van der Waals surface area contributed by atoms with Crippen molar-refractivity contribution >= 4 is 29.9 Å². The number of aliphatic hydroxyl groups is 1. The molecule has 2 saturated heterocycles. The van der Waals surface area contributed by atoms with Crippen LogP contribution in [0.15, 0.2) is 29.4 Å². The van der Waals surface area contributed by atoms with E-state index in [1.165, 1.54) is 0 Å². The lowest BCUT2D eigenvalue weighted by atomic mass is 9.81. The zero-order valence-electron chi connectivity index (χ0n) is 15.3. The number of halogens is 1. The molecular weight excluding hydrogens is 447 g/mol. The highest BCUT2D eigenvalue weighted by molar-refractivity contribution is 14.0. The van der Waals surface area contributed by atoms with E-state index in [2.05, 4.69) is 20.2 Å². The van der Waals surface area contributed by atoms with Crippen molar-refractivity contribution in [1.29, 1.82) is 0 Å². The van der Waals surface area contributed by atoms with E-state index in [1.807, 2.05) is 18.2 Å². The van der Waals surface area contributed by atoms with Crippen molar-refractivity contribution in [3.63, 3.8) is 0 Å². The molecule has 8 heteroatoms. The van der Waals surface area contributed by atoms with Gasteiger partial charge in [0.25, 0.3) is 0 Å². The summed E-state index contributed by atoms with van der Waals surface area (Å²) in [7, 11) is 1.80. The molecule has 0 aliphatic carbocycles.